The Bertz CT molecular complexity index is 699. The van der Waals surface area contributed by atoms with E-state index in [-0.39, 0.29) is 5.82 Å². The summed E-state index contributed by atoms with van der Waals surface area (Å²) in [5.74, 6) is -0.201. The molecule has 0 aliphatic carbocycles. The van der Waals surface area contributed by atoms with E-state index < -0.39 is 0 Å². The second kappa shape index (κ2) is 5.28. The van der Waals surface area contributed by atoms with Gasteiger partial charge < -0.3 is 4.90 Å². The molecule has 112 valence electrons. The fourth-order valence-corrected chi connectivity index (χ4v) is 3.80. The number of hydrogen-bond acceptors (Lipinski definition) is 1. The number of anilines is 1. The number of rotatable bonds is 2. The lowest BCUT2D eigenvalue weighted by atomic mass is 9.87. The Hall–Kier alpha value is -2.09. The lowest BCUT2D eigenvalue weighted by molar-refractivity contribution is 0.627. The van der Waals surface area contributed by atoms with Gasteiger partial charge in [-0.25, -0.2) is 4.39 Å². The molecule has 0 atom stereocenters. The molecule has 1 nitrogen and oxygen atoms in total. The maximum atomic E-state index is 13.1. The minimum absolute atomic E-state index is 0.201. The van der Waals surface area contributed by atoms with Gasteiger partial charge in [0.15, 0.2) is 0 Å². The summed E-state index contributed by atoms with van der Waals surface area (Å²) in [6.45, 7) is 6.64. The van der Waals surface area contributed by atoms with E-state index in [1.807, 2.05) is 12.1 Å². The van der Waals surface area contributed by atoms with Crippen LogP contribution in [0.3, 0.4) is 0 Å². The third-order valence-corrected chi connectivity index (χ3v) is 4.87. The molecule has 0 N–H and O–H groups in total. The molecule has 2 aliphatic heterocycles. The fourth-order valence-electron chi connectivity index (χ4n) is 3.80. The molecule has 0 radical (unpaired) electrons. The summed E-state index contributed by atoms with van der Waals surface area (Å²) in [6.07, 6.45) is 4.78. The van der Waals surface area contributed by atoms with Crippen LogP contribution in [0.2, 0.25) is 0 Å². The number of halogens is 1. The lowest BCUT2D eigenvalue weighted by Gasteiger charge is -2.37. The first kappa shape index (κ1) is 13.6. The first-order chi connectivity index (χ1) is 10.7. The predicted octanol–water partition coefficient (Wildman–Crippen LogP) is 4.59. The van der Waals surface area contributed by atoms with E-state index in [0.29, 0.717) is 0 Å². The molecule has 0 bridgehead atoms. The molecule has 0 aromatic heterocycles. The molecule has 0 saturated carbocycles. The van der Waals surface area contributed by atoms with Gasteiger partial charge in [0.25, 0.3) is 0 Å². The van der Waals surface area contributed by atoms with Crippen LogP contribution < -0.4 is 4.90 Å². The Balaban J connectivity index is 1.77. The van der Waals surface area contributed by atoms with Gasteiger partial charge >= 0.3 is 0 Å². The summed E-state index contributed by atoms with van der Waals surface area (Å²) in [4.78, 5) is 2.54. The van der Waals surface area contributed by atoms with E-state index in [1.165, 1.54) is 60.4 Å². The van der Waals surface area contributed by atoms with E-state index in [0.717, 1.165) is 24.0 Å². The monoisotopic (exact) mass is 293 g/mol. The molecule has 22 heavy (non-hydrogen) atoms. The molecule has 0 saturated heterocycles. The van der Waals surface area contributed by atoms with Crippen LogP contribution in [0, 0.1) is 5.82 Å². The van der Waals surface area contributed by atoms with Crippen molar-refractivity contribution in [1.82, 2.24) is 0 Å². The first-order valence-corrected chi connectivity index (χ1v) is 8.08. The summed E-state index contributed by atoms with van der Waals surface area (Å²) in [5, 5.41) is 0. The van der Waals surface area contributed by atoms with Crippen LogP contribution in [-0.2, 0) is 12.8 Å². The summed E-state index contributed by atoms with van der Waals surface area (Å²) < 4.78 is 13.1. The van der Waals surface area contributed by atoms with Crippen molar-refractivity contribution in [1.29, 1.82) is 0 Å². The fraction of sp³-hybridized carbons (Fsp3) is 0.300. The zero-order valence-corrected chi connectivity index (χ0v) is 12.7. The maximum absolute atomic E-state index is 13.1. The molecule has 0 spiro atoms. The molecule has 0 unspecified atom stereocenters. The number of hydrogen-bond donors (Lipinski definition) is 0. The normalized spacial score (nSPS) is 16.3. The maximum Gasteiger partial charge on any atom is 0.123 e. The van der Waals surface area contributed by atoms with E-state index in [4.69, 9.17) is 0 Å². The van der Waals surface area contributed by atoms with Crippen molar-refractivity contribution < 1.29 is 4.39 Å². The molecule has 2 aliphatic rings. The molecule has 0 amide bonds. The zero-order chi connectivity index (χ0) is 15.1. The van der Waals surface area contributed by atoms with Gasteiger partial charge in [-0.15, -0.1) is 0 Å². The standard InChI is InChI=1S/C20H20FN/c1-14(15-6-8-19(21)9-7-15)18-12-16-4-2-10-22-11-3-5-17(13-18)20(16)22/h6-9,12-13H,1-5,10-11H2. The van der Waals surface area contributed by atoms with Crippen LogP contribution in [0.25, 0.3) is 5.57 Å². The highest BCUT2D eigenvalue weighted by atomic mass is 19.1. The van der Waals surface area contributed by atoms with Gasteiger partial charge in [0, 0.05) is 18.8 Å². The third kappa shape index (κ3) is 2.23. The minimum atomic E-state index is -0.201. The van der Waals surface area contributed by atoms with Gasteiger partial charge in [-0.05, 0) is 77.8 Å². The Labute approximate surface area is 131 Å². The molecule has 2 heterocycles. The van der Waals surface area contributed by atoms with Crippen molar-refractivity contribution in [3.63, 3.8) is 0 Å². The molecule has 4 rings (SSSR count). The average molecular weight is 293 g/mol. The Kier molecular flexibility index (Phi) is 3.25. The van der Waals surface area contributed by atoms with Crippen LogP contribution in [-0.4, -0.2) is 13.1 Å². The van der Waals surface area contributed by atoms with Gasteiger partial charge in [0.2, 0.25) is 0 Å². The quantitative estimate of drug-likeness (QED) is 0.783. The smallest absolute Gasteiger partial charge is 0.123 e. The van der Waals surface area contributed by atoms with Crippen LogP contribution in [0.5, 0.6) is 0 Å². The average Bonchev–Trinajstić information content (AvgIpc) is 2.55. The molecule has 0 fully saturated rings. The van der Waals surface area contributed by atoms with Crippen molar-refractivity contribution in [3.8, 4) is 0 Å². The summed E-state index contributed by atoms with van der Waals surface area (Å²) in [7, 11) is 0. The Morgan fingerprint density at radius 2 is 1.50 bits per heavy atom. The summed E-state index contributed by atoms with van der Waals surface area (Å²) in [5.41, 5.74) is 7.57. The molecular formula is C20H20FN. The zero-order valence-electron chi connectivity index (χ0n) is 12.7. The third-order valence-electron chi connectivity index (χ3n) is 4.87. The van der Waals surface area contributed by atoms with Crippen molar-refractivity contribution in [3.05, 3.63) is 71.0 Å². The van der Waals surface area contributed by atoms with E-state index >= 15 is 0 Å². The SMILES string of the molecule is C=C(c1ccc(F)cc1)c1cc2c3c(c1)CCCN3CCC2. The second-order valence-corrected chi connectivity index (χ2v) is 6.32. The van der Waals surface area contributed by atoms with E-state index in [9.17, 15) is 4.39 Å². The molecule has 2 aromatic carbocycles. The highest BCUT2D eigenvalue weighted by molar-refractivity contribution is 5.81. The highest BCUT2D eigenvalue weighted by Crippen LogP contribution is 2.38. The summed E-state index contributed by atoms with van der Waals surface area (Å²) >= 11 is 0. The van der Waals surface area contributed by atoms with Crippen LogP contribution in [0.1, 0.15) is 35.1 Å². The summed E-state index contributed by atoms with van der Waals surface area (Å²) in [6, 6.07) is 11.2. The minimum Gasteiger partial charge on any atom is -0.371 e. The molecule has 2 heteroatoms. The van der Waals surface area contributed by atoms with Crippen LogP contribution in [0.15, 0.2) is 43.0 Å². The van der Waals surface area contributed by atoms with Crippen LogP contribution in [0.4, 0.5) is 10.1 Å². The second-order valence-electron chi connectivity index (χ2n) is 6.32. The van der Waals surface area contributed by atoms with Crippen molar-refractivity contribution in [2.75, 3.05) is 18.0 Å². The number of aryl methyl sites for hydroxylation is 2. The number of nitrogens with zero attached hydrogens (tertiary/aromatic N) is 1. The lowest BCUT2D eigenvalue weighted by Crippen LogP contribution is -2.34. The van der Waals surface area contributed by atoms with Crippen molar-refractivity contribution >= 4 is 11.3 Å². The first-order valence-electron chi connectivity index (χ1n) is 8.08. The van der Waals surface area contributed by atoms with Gasteiger partial charge in [-0.1, -0.05) is 18.7 Å². The predicted molar refractivity (Wildman–Crippen MR) is 89.8 cm³/mol. The number of benzene rings is 2. The van der Waals surface area contributed by atoms with Gasteiger partial charge in [-0.2, -0.15) is 0 Å². The highest BCUT2D eigenvalue weighted by Gasteiger charge is 2.24. The van der Waals surface area contributed by atoms with E-state index in [2.05, 4.69) is 23.6 Å². The van der Waals surface area contributed by atoms with Gasteiger partial charge in [0.05, 0.1) is 0 Å². The largest absolute Gasteiger partial charge is 0.371 e. The topological polar surface area (TPSA) is 3.24 Å². The Morgan fingerprint density at radius 3 is 2.09 bits per heavy atom. The Morgan fingerprint density at radius 1 is 0.909 bits per heavy atom. The van der Waals surface area contributed by atoms with Crippen molar-refractivity contribution in [2.45, 2.75) is 25.7 Å². The van der Waals surface area contributed by atoms with Crippen LogP contribution >= 0.6 is 0 Å². The molecular weight excluding hydrogens is 273 g/mol. The van der Waals surface area contributed by atoms with Gasteiger partial charge in [-0.3, -0.25) is 0 Å². The van der Waals surface area contributed by atoms with Crippen molar-refractivity contribution in [2.24, 2.45) is 0 Å². The van der Waals surface area contributed by atoms with E-state index in [1.54, 1.807) is 0 Å². The molecule has 2 aromatic rings. The van der Waals surface area contributed by atoms with Gasteiger partial charge in [0.1, 0.15) is 5.82 Å².